The molecule has 0 unspecified atom stereocenters. The second kappa shape index (κ2) is 2.57. The summed E-state index contributed by atoms with van der Waals surface area (Å²) in [5.74, 6) is -1.42. The number of hydrogen-bond donors (Lipinski definition) is 3. The van der Waals surface area contributed by atoms with Crippen molar-refractivity contribution in [3.05, 3.63) is 29.6 Å². The van der Waals surface area contributed by atoms with Crippen molar-refractivity contribution >= 4 is 5.84 Å². The second-order valence-electron chi connectivity index (χ2n) is 2.08. The molecule has 1 rings (SSSR count). The minimum Gasteiger partial charge on any atom is -0.505 e. The van der Waals surface area contributed by atoms with Gasteiger partial charge in [0, 0.05) is 5.56 Å². The van der Waals surface area contributed by atoms with Crippen molar-refractivity contribution in [3.63, 3.8) is 0 Å². The van der Waals surface area contributed by atoms with Crippen LogP contribution >= 0.6 is 0 Å². The molecule has 0 radical (unpaired) electrons. The molecule has 11 heavy (non-hydrogen) atoms. The van der Waals surface area contributed by atoms with Crippen molar-refractivity contribution < 1.29 is 9.50 Å². The van der Waals surface area contributed by atoms with E-state index >= 15 is 0 Å². The first-order valence-electron chi connectivity index (χ1n) is 2.94. The fraction of sp³-hybridized carbons (Fsp3) is 0. The third-order valence-electron chi connectivity index (χ3n) is 1.26. The Bertz CT molecular complexity index is 298. The van der Waals surface area contributed by atoms with Gasteiger partial charge in [-0.25, -0.2) is 4.39 Å². The van der Waals surface area contributed by atoms with E-state index in [0.29, 0.717) is 0 Å². The Labute approximate surface area is 62.8 Å². The largest absolute Gasteiger partial charge is 0.505 e. The van der Waals surface area contributed by atoms with Crippen molar-refractivity contribution in [2.45, 2.75) is 0 Å². The minimum atomic E-state index is -0.766. The van der Waals surface area contributed by atoms with E-state index in [4.69, 9.17) is 16.2 Å². The Morgan fingerprint density at radius 1 is 1.55 bits per heavy atom. The molecular weight excluding hydrogens is 147 g/mol. The molecule has 58 valence electrons. The topological polar surface area (TPSA) is 70.1 Å². The standard InChI is InChI=1S/C7H7FN2O/c8-5-3-4(7(9)10)1-2-6(5)11/h1-3,11H,(H3,9,10). The number of aromatic hydroxyl groups is 1. The molecule has 0 bridgehead atoms. The molecule has 0 amide bonds. The van der Waals surface area contributed by atoms with Gasteiger partial charge in [-0.15, -0.1) is 0 Å². The molecule has 0 saturated carbocycles. The van der Waals surface area contributed by atoms with Gasteiger partial charge in [0.25, 0.3) is 0 Å². The summed E-state index contributed by atoms with van der Waals surface area (Å²) >= 11 is 0. The minimum absolute atomic E-state index is 0.219. The molecule has 0 spiro atoms. The molecule has 0 heterocycles. The second-order valence-corrected chi connectivity index (χ2v) is 2.08. The van der Waals surface area contributed by atoms with Crippen LogP contribution in [0.4, 0.5) is 4.39 Å². The van der Waals surface area contributed by atoms with Gasteiger partial charge >= 0.3 is 0 Å². The molecule has 1 aromatic carbocycles. The monoisotopic (exact) mass is 154 g/mol. The van der Waals surface area contributed by atoms with Gasteiger partial charge in [0.05, 0.1) is 0 Å². The summed E-state index contributed by atoms with van der Waals surface area (Å²) < 4.78 is 12.5. The van der Waals surface area contributed by atoms with Gasteiger partial charge in [0.15, 0.2) is 11.6 Å². The number of phenolic OH excluding ortho intramolecular Hbond substituents is 1. The average molecular weight is 154 g/mol. The molecule has 0 fully saturated rings. The predicted octanol–water partition coefficient (Wildman–Crippen LogP) is 0.815. The number of rotatable bonds is 1. The van der Waals surface area contributed by atoms with Crippen LogP contribution in [0.1, 0.15) is 5.56 Å². The van der Waals surface area contributed by atoms with E-state index in [1.807, 2.05) is 0 Å². The van der Waals surface area contributed by atoms with Crippen LogP contribution in [0.3, 0.4) is 0 Å². The van der Waals surface area contributed by atoms with Crippen LogP contribution in [-0.2, 0) is 0 Å². The van der Waals surface area contributed by atoms with Gasteiger partial charge in [-0.2, -0.15) is 0 Å². The first-order chi connectivity index (χ1) is 5.11. The normalized spacial score (nSPS) is 9.55. The Morgan fingerprint density at radius 3 is 2.64 bits per heavy atom. The van der Waals surface area contributed by atoms with Crippen LogP contribution in [0.25, 0.3) is 0 Å². The summed E-state index contributed by atoms with van der Waals surface area (Å²) in [4.78, 5) is 0. The van der Waals surface area contributed by atoms with Gasteiger partial charge in [0.1, 0.15) is 5.84 Å². The van der Waals surface area contributed by atoms with Crippen LogP contribution in [-0.4, -0.2) is 10.9 Å². The van der Waals surface area contributed by atoms with E-state index in [2.05, 4.69) is 0 Å². The summed E-state index contributed by atoms with van der Waals surface area (Å²) in [6.45, 7) is 0. The summed E-state index contributed by atoms with van der Waals surface area (Å²) in [5, 5.41) is 15.7. The quantitative estimate of drug-likeness (QED) is 0.414. The fourth-order valence-electron chi connectivity index (χ4n) is 0.674. The molecule has 3 nitrogen and oxygen atoms in total. The number of phenols is 1. The Hall–Kier alpha value is -1.58. The fourth-order valence-corrected chi connectivity index (χ4v) is 0.674. The molecule has 1 aromatic rings. The van der Waals surface area contributed by atoms with Gasteiger partial charge < -0.3 is 10.8 Å². The zero-order valence-corrected chi connectivity index (χ0v) is 5.63. The third kappa shape index (κ3) is 1.46. The number of amidine groups is 1. The van der Waals surface area contributed by atoms with E-state index in [1.165, 1.54) is 6.07 Å². The highest BCUT2D eigenvalue weighted by Gasteiger charge is 2.02. The molecule has 0 atom stereocenters. The van der Waals surface area contributed by atoms with Gasteiger partial charge in [-0.3, -0.25) is 5.41 Å². The summed E-state index contributed by atoms with van der Waals surface area (Å²) in [6, 6.07) is 3.55. The van der Waals surface area contributed by atoms with Crippen molar-refractivity contribution in [2.75, 3.05) is 0 Å². The lowest BCUT2D eigenvalue weighted by molar-refractivity contribution is 0.432. The van der Waals surface area contributed by atoms with Crippen LogP contribution in [0.15, 0.2) is 18.2 Å². The SMILES string of the molecule is N=C(N)c1ccc(O)c(F)c1. The molecule has 0 saturated heterocycles. The van der Waals surface area contributed by atoms with E-state index < -0.39 is 11.6 Å². The molecule has 0 aliphatic heterocycles. The highest BCUT2D eigenvalue weighted by atomic mass is 19.1. The Kier molecular flexibility index (Phi) is 1.76. The van der Waals surface area contributed by atoms with Crippen molar-refractivity contribution in [3.8, 4) is 5.75 Å². The number of nitrogens with two attached hydrogens (primary N) is 1. The van der Waals surface area contributed by atoms with E-state index in [1.54, 1.807) is 0 Å². The van der Waals surface area contributed by atoms with Crippen LogP contribution < -0.4 is 5.73 Å². The summed E-state index contributed by atoms with van der Waals surface area (Å²) in [7, 11) is 0. The highest BCUT2D eigenvalue weighted by Crippen LogP contribution is 2.15. The first kappa shape index (κ1) is 7.53. The Balaban J connectivity index is 3.15. The maximum Gasteiger partial charge on any atom is 0.165 e. The van der Waals surface area contributed by atoms with Crippen molar-refractivity contribution in [1.82, 2.24) is 0 Å². The van der Waals surface area contributed by atoms with Gasteiger partial charge in [-0.05, 0) is 18.2 Å². The first-order valence-corrected chi connectivity index (χ1v) is 2.94. The lowest BCUT2D eigenvalue weighted by Crippen LogP contribution is -2.10. The van der Waals surface area contributed by atoms with Crippen molar-refractivity contribution in [1.29, 1.82) is 5.41 Å². The average Bonchev–Trinajstić information content (AvgIpc) is 1.94. The number of nitrogen functional groups attached to an aromatic ring is 1. The predicted molar refractivity (Wildman–Crippen MR) is 39.1 cm³/mol. The third-order valence-corrected chi connectivity index (χ3v) is 1.26. The van der Waals surface area contributed by atoms with Gasteiger partial charge in [-0.1, -0.05) is 0 Å². The van der Waals surface area contributed by atoms with Crippen LogP contribution in [0.2, 0.25) is 0 Å². The van der Waals surface area contributed by atoms with E-state index in [9.17, 15) is 4.39 Å². The molecule has 0 aliphatic rings. The molecule has 0 aromatic heterocycles. The zero-order valence-electron chi connectivity index (χ0n) is 5.63. The maximum atomic E-state index is 12.5. The molecule has 4 N–H and O–H groups in total. The van der Waals surface area contributed by atoms with Crippen LogP contribution in [0, 0.1) is 11.2 Å². The number of hydrogen-bond acceptors (Lipinski definition) is 2. The van der Waals surface area contributed by atoms with Crippen LogP contribution in [0.5, 0.6) is 5.75 Å². The number of benzene rings is 1. The molecule has 0 aliphatic carbocycles. The maximum absolute atomic E-state index is 12.5. The van der Waals surface area contributed by atoms with Crippen molar-refractivity contribution in [2.24, 2.45) is 5.73 Å². The number of halogens is 1. The Morgan fingerprint density at radius 2 is 2.18 bits per heavy atom. The smallest absolute Gasteiger partial charge is 0.165 e. The highest BCUT2D eigenvalue weighted by molar-refractivity contribution is 5.94. The summed E-state index contributed by atoms with van der Waals surface area (Å²) in [5.41, 5.74) is 5.33. The summed E-state index contributed by atoms with van der Waals surface area (Å²) in [6.07, 6.45) is 0. The zero-order chi connectivity index (χ0) is 8.43. The van der Waals surface area contributed by atoms with E-state index in [0.717, 1.165) is 12.1 Å². The lowest BCUT2D eigenvalue weighted by atomic mass is 10.2. The molecule has 4 heteroatoms. The number of nitrogens with one attached hydrogen (secondary N) is 1. The lowest BCUT2D eigenvalue weighted by Gasteiger charge is -1.98. The van der Waals surface area contributed by atoms with Gasteiger partial charge in [0.2, 0.25) is 0 Å². The molecular formula is C7H7FN2O. The van der Waals surface area contributed by atoms with E-state index in [-0.39, 0.29) is 11.4 Å².